The zero-order valence-electron chi connectivity index (χ0n) is 7.02. The number of hydrogen-bond acceptors (Lipinski definition) is 3. The predicted octanol–water partition coefficient (Wildman–Crippen LogP) is 5.37. The Morgan fingerprint density at radius 1 is 1.13 bits per heavy atom. The van der Waals surface area contributed by atoms with E-state index in [1.807, 2.05) is 0 Å². The summed E-state index contributed by atoms with van der Waals surface area (Å²) >= 11 is -1.85. The minimum atomic E-state index is -1.85. The fourth-order valence-electron chi connectivity index (χ4n) is 0.483. The van der Waals surface area contributed by atoms with Crippen LogP contribution in [-0.2, 0) is 14.2 Å². The average molecular weight is 454 g/mol. The minimum Gasteiger partial charge on any atom is -0.700 e. The molecule has 0 spiro atoms. The summed E-state index contributed by atoms with van der Waals surface area (Å²) < 4.78 is 0. The normalized spacial score (nSPS) is 8.60. The molecular formula is C6H6Cl3N3O2Pt-3. The van der Waals surface area contributed by atoms with Crippen LogP contribution in [0.3, 0.4) is 0 Å². The second kappa shape index (κ2) is 11.9. The first kappa shape index (κ1) is 17.2. The van der Waals surface area contributed by atoms with Crippen molar-refractivity contribution in [2.24, 2.45) is 5.34 Å². The molecule has 2 N–H and O–H groups in total. The molecule has 0 radical (unpaired) electrons. The van der Waals surface area contributed by atoms with E-state index in [1.54, 1.807) is 24.3 Å². The Labute approximate surface area is 105 Å². The molecule has 0 bridgehead atoms. The van der Waals surface area contributed by atoms with E-state index in [1.165, 1.54) is 0 Å². The second-order valence-corrected chi connectivity index (χ2v) is 11.6. The standard InChI is InChI=1S/C6H6N2.3ClH.HNO2.Pt/c7-5-3-1-2-4-6(5)8;;;;2-1-3;/h1-4,7-8H;3*1H;(H,2,3);/q-2;;;;;+3/p-4. The quantitative estimate of drug-likeness (QED) is 0.389. The molecule has 0 amide bonds. The molecule has 91 valence electrons. The summed E-state index contributed by atoms with van der Waals surface area (Å²) in [5.41, 5.74) is 14.6. The largest absolute Gasteiger partial charge is 0.700 e. The molecule has 0 saturated carbocycles. The van der Waals surface area contributed by atoms with Gasteiger partial charge in [-0.1, -0.05) is 24.3 Å². The summed E-state index contributed by atoms with van der Waals surface area (Å²) in [6, 6.07) is 6.70. The summed E-state index contributed by atoms with van der Waals surface area (Å²) in [6.07, 6.45) is 0. The van der Waals surface area contributed by atoms with Gasteiger partial charge in [-0.05, 0) is 0 Å². The Hall–Kier alpha value is -0.222. The molecule has 15 heavy (non-hydrogen) atoms. The number of nitrogens with one attached hydrogen (secondary N) is 2. The molecule has 1 aromatic carbocycles. The van der Waals surface area contributed by atoms with Crippen LogP contribution in [0.2, 0.25) is 0 Å². The molecule has 9 heteroatoms. The van der Waals surface area contributed by atoms with Gasteiger partial charge in [0.15, 0.2) is 0 Å². The number of halogens is 3. The molecule has 0 saturated heterocycles. The van der Waals surface area contributed by atoms with Crippen LogP contribution in [0, 0.1) is 10.1 Å². The van der Waals surface area contributed by atoms with Gasteiger partial charge in [-0.25, -0.2) is 0 Å². The molecule has 0 unspecified atom stereocenters. The van der Waals surface area contributed by atoms with Gasteiger partial charge >= 0.3 is 42.4 Å². The van der Waals surface area contributed by atoms with Crippen molar-refractivity contribution in [2.75, 3.05) is 0 Å². The van der Waals surface area contributed by atoms with E-state index in [0.29, 0.717) is 0 Å². The first-order valence-electron chi connectivity index (χ1n) is 3.05. The third-order valence-electron chi connectivity index (χ3n) is 0.927. The molecule has 5 nitrogen and oxygen atoms in total. The fourth-order valence-corrected chi connectivity index (χ4v) is 0.483. The zero-order valence-corrected chi connectivity index (χ0v) is 11.6. The van der Waals surface area contributed by atoms with Gasteiger partial charge in [-0.3, -0.25) is 0 Å². The number of hydrogen-bond donors (Lipinski definition) is 0. The Morgan fingerprint density at radius 3 is 1.47 bits per heavy atom. The third-order valence-corrected chi connectivity index (χ3v) is 0.927. The van der Waals surface area contributed by atoms with Crippen molar-refractivity contribution >= 4 is 39.6 Å². The van der Waals surface area contributed by atoms with Crippen molar-refractivity contribution < 1.29 is 14.2 Å². The molecule has 0 atom stereocenters. The molecule has 0 heterocycles. The zero-order chi connectivity index (χ0) is 12.3. The van der Waals surface area contributed by atoms with Crippen LogP contribution in [0.25, 0.3) is 11.5 Å². The number of rotatable bonds is 0. The minimum absolute atomic E-state index is 0.285. The van der Waals surface area contributed by atoms with Gasteiger partial charge in [0.05, 0.1) is 0 Å². The van der Waals surface area contributed by atoms with Crippen LogP contribution in [0.1, 0.15) is 0 Å². The van der Waals surface area contributed by atoms with Crippen molar-refractivity contribution in [3.63, 3.8) is 0 Å². The van der Waals surface area contributed by atoms with Gasteiger partial charge in [0.2, 0.25) is 0 Å². The maximum Gasteiger partial charge on any atom is -0.0636 e. The summed E-state index contributed by atoms with van der Waals surface area (Å²) in [5, 5.41) is 9.00. The molecule has 0 fully saturated rings. The first-order valence-corrected chi connectivity index (χ1v) is 11.5. The van der Waals surface area contributed by atoms with Crippen molar-refractivity contribution in [3.8, 4) is 0 Å². The summed E-state index contributed by atoms with van der Waals surface area (Å²) in [4.78, 5) is 8.00. The topological polar surface area (TPSA) is 100 Å². The SMILES string of the molecule is O=N[O-].[Cl][Pt]([Cl])[Cl].[NH-]c1ccccc1[NH-]. The van der Waals surface area contributed by atoms with Crippen LogP contribution in [0.5, 0.6) is 0 Å². The van der Waals surface area contributed by atoms with Gasteiger partial charge in [-0.15, -0.1) is 5.34 Å². The molecule has 0 aliphatic rings. The maximum atomic E-state index is 8.00. The van der Waals surface area contributed by atoms with E-state index in [2.05, 4.69) is 0 Å². The second-order valence-electron chi connectivity index (χ2n) is 1.76. The smallest absolute Gasteiger partial charge is 0.0636 e. The van der Waals surface area contributed by atoms with E-state index in [4.69, 9.17) is 49.8 Å². The summed E-state index contributed by atoms with van der Waals surface area (Å²) in [7, 11) is 14.9. The van der Waals surface area contributed by atoms with E-state index in [0.717, 1.165) is 5.34 Å². The van der Waals surface area contributed by atoms with Crippen LogP contribution in [-0.4, -0.2) is 0 Å². The van der Waals surface area contributed by atoms with Crippen LogP contribution in [0.4, 0.5) is 11.4 Å². The van der Waals surface area contributed by atoms with Crippen molar-refractivity contribution in [2.45, 2.75) is 0 Å². The van der Waals surface area contributed by atoms with Gasteiger partial charge in [0.1, 0.15) is 0 Å². The van der Waals surface area contributed by atoms with E-state index in [-0.39, 0.29) is 11.4 Å². The Balaban J connectivity index is 0. The van der Waals surface area contributed by atoms with E-state index in [9.17, 15) is 0 Å². The molecule has 0 aromatic heterocycles. The van der Waals surface area contributed by atoms with Crippen molar-refractivity contribution in [3.05, 3.63) is 45.8 Å². The maximum absolute atomic E-state index is 8.00. The summed E-state index contributed by atoms with van der Waals surface area (Å²) in [5.74, 6) is 0. The van der Waals surface area contributed by atoms with Crippen molar-refractivity contribution in [1.29, 1.82) is 0 Å². The predicted molar refractivity (Wildman–Crippen MR) is 61.1 cm³/mol. The Bertz CT molecular complexity index is 254. The molecular weight excluding hydrogens is 448 g/mol. The number of nitrogens with zero attached hydrogens (tertiary/aromatic N) is 1. The monoisotopic (exact) mass is 452 g/mol. The third kappa shape index (κ3) is 16.5. The Morgan fingerprint density at radius 2 is 1.33 bits per heavy atom. The molecule has 1 rings (SSSR count). The molecule has 1 aromatic rings. The van der Waals surface area contributed by atoms with Crippen LogP contribution in [0.15, 0.2) is 29.6 Å². The van der Waals surface area contributed by atoms with Gasteiger partial charge < -0.3 is 21.6 Å². The van der Waals surface area contributed by atoms with E-state index >= 15 is 0 Å². The van der Waals surface area contributed by atoms with E-state index < -0.39 is 14.2 Å². The van der Waals surface area contributed by atoms with Crippen molar-refractivity contribution in [1.82, 2.24) is 0 Å². The Kier molecular flexibility index (Phi) is 13.6. The fraction of sp³-hybridized carbons (Fsp3) is 0. The molecule has 0 aliphatic carbocycles. The average Bonchev–Trinajstić information content (AvgIpc) is 2.10. The van der Waals surface area contributed by atoms with Gasteiger partial charge in [0, 0.05) is 0 Å². The number of benzene rings is 1. The first-order chi connectivity index (χ1) is 6.95. The van der Waals surface area contributed by atoms with Crippen LogP contribution >= 0.6 is 28.3 Å². The van der Waals surface area contributed by atoms with Crippen LogP contribution < -0.4 is 0 Å². The summed E-state index contributed by atoms with van der Waals surface area (Å²) in [6.45, 7) is 0. The van der Waals surface area contributed by atoms with Gasteiger partial charge in [-0.2, -0.15) is 11.4 Å². The van der Waals surface area contributed by atoms with Gasteiger partial charge in [0.25, 0.3) is 0 Å². The molecule has 0 aliphatic heterocycles.